The van der Waals surface area contributed by atoms with Crippen molar-refractivity contribution < 1.29 is 18.1 Å². The zero-order valence-electron chi connectivity index (χ0n) is 37.1. The first-order valence-corrected chi connectivity index (χ1v) is 16.7. The molecule has 10 rings (SSSR count). The van der Waals surface area contributed by atoms with Crippen LogP contribution in [0.4, 0.5) is 0 Å². The second-order valence-electron chi connectivity index (χ2n) is 12.5. The second kappa shape index (κ2) is 12.0. The van der Waals surface area contributed by atoms with Crippen LogP contribution in [-0.4, -0.2) is 0 Å². The van der Waals surface area contributed by atoms with E-state index in [9.17, 15) is 0 Å². The van der Waals surface area contributed by atoms with Crippen molar-refractivity contribution in [2.24, 2.45) is 0 Å². The Bertz CT molecular complexity index is 3370. The van der Waals surface area contributed by atoms with Gasteiger partial charge >= 0.3 is 0 Å². The van der Waals surface area contributed by atoms with Gasteiger partial charge in [0.05, 0.1) is 13.7 Å². The Labute approximate surface area is 310 Å². The normalized spacial score (nSPS) is 14.3. The van der Waals surface area contributed by atoms with E-state index in [1.165, 1.54) is 0 Å². The first-order valence-electron chi connectivity index (χ1n) is 21.7. The van der Waals surface area contributed by atoms with Gasteiger partial charge in [-0.05, 0) is 95.4 Å². The van der Waals surface area contributed by atoms with E-state index in [0.29, 0.717) is 22.3 Å². The molecule has 0 bridgehead atoms. The Morgan fingerprint density at radius 3 is 1.45 bits per heavy atom. The summed E-state index contributed by atoms with van der Waals surface area (Å²) in [6, 6.07) is 40.2. The molecular formula is C50H32O. The lowest BCUT2D eigenvalue weighted by molar-refractivity contribution is 0.669. The lowest BCUT2D eigenvalue weighted by Gasteiger charge is -2.20. The molecular weight excluding hydrogens is 617 g/mol. The van der Waals surface area contributed by atoms with E-state index in [4.69, 9.17) is 18.1 Å². The highest BCUT2D eigenvalue weighted by atomic mass is 16.3. The van der Waals surface area contributed by atoms with Crippen LogP contribution in [0.2, 0.25) is 0 Å². The van der Waals surface area contributed by atoms with Gasteiger partial charge < -0.3 is 4.42 Å². The molecule has 9 aromatic carbocycles. The van der Waals surface area contributed by atoms with Crippen LogP contribution in [0.1, 0.15) is 13.7 Å². The van der Waals surface area contributed by atoms with Crippen LogP contribution >= 0.6 is 0 Å². The Kier molecular flexibility index (Phi) is 4.88. The van der Waals surface area contributed by atoms with E-state index in [2.05, 4.69) is 42.5 Å². The molecule has 51 heavy (non-hydrogen) atoms. The number of benzene rings is 9. The topological polar surface area (TPSA) is 13.1 Å². The molecule has 0 amide bonds. The molecule has 1 aromatic heterocycles. The third-order valence-corrected chi connectivity index (χ3v) is 9.67. The summed E-state index contributed by atoms with van der Waals surface area (Å²) in [5.41, 5.74) is 8.36. The number of hydrogen-bond acceptors (Lipinski definition) is 1. The summed E-state index contributed by atoms with van der Waals surface area (Å²) in [5.74, 6) is 0. The van der Waals surface area contributed by atoms with Gasteiger partial charge in [0, 0.05) is 10.8 Å². The molecule has 0 aliphatic heterocycles. The molecule has 1 nitrogen and oxygen atoms in total. The number of rotatable bonds is 5. The molecule has 0 N–H and O–H groups in total. The summed E-state index contributed by atoms with van der Waals surface area (Å²) >= 11 is 0. The van der Waals surface area contributed by atoms with Gasteiger partial charge in [0.25, 0.3) is 0 Å². The zero-order valence-corrected chi connectivity index (χ0v) is 27.1. The lowest BCUT2D eigenvalue weighted by Crippen LogP contribution is -1.93. The number of hydrogen-bond donors (Lipinski definition) is 0. The summed E-state index contributed by atoms with van der Waals surface area (Å²) in [6.45, 7) is 0. The average molecular weight is 659 g/mol. The number of fused-ring (bicyclic) bond motifs is 5. The largest absolute Gasteiger partial charge is 0.456 e. The Morgan fingerprint density at radius 1 is 0.333 bits per heavy atom. The Hall–Kier alpha value is -6.70. The fourth-order valence-electron chi connectivity index (χ4n) is 7.46. The van der Waals surface area contributed by atoms with Crippen molar-refractivity contribution in [1.82, 2.24) is 0 Å². The average Bonchev–Trinajstić information content (AvgIpc) is 3.67. The molecule has 238 valence electrons. The monoisotopic (exact) mass is 658 g/mol. The molecule has 0 unspecified atom stereocenters. The smallest absolute Gasteiger partial charge is 0.136 e. The van der Waals surface area contributed by atoms with E-state index in [1.807, 2.05) is 66.7 Å². The van der Waals surface area contributed by atoms with Crippen LogP contribution in [0.15, 0.2) is 198 Å². The maximum absolute atomic E-state index is 8.68. The molecule has 0 fully saturated rings. The summed E-state index contributed by atoms with van der Waals surface area (Å²) in [5, 5.41) is 5.64. The molecule has 0 spiro atoms. The SMILES string of the molecule is [2H]c1c([2H])c([2H])c(-c2ccc(-c3ccccc3-c3c4ccccc4c(-c4cccc5oc6ccc(-c7c([2H])c([2H])c([2H])c([2H])c7[2H])cc6c45)c4ccccc34)cc2)c([2H])c1[2H]. The van der Waals surface area contributed by atoms with Gasteiger partial charge in [-0.15, -0.1) is 0 Å². The minimum absolute atomic E-state index is 0.127. The standard InChI is InChI=1S/C50H32O/c1-3-14-33(15-4-1)35-26-28-36(29-27-35)38-18-7-8-19-39(38)48-40-20-9-11-22-42(40)49(43-23-12-10-21-41(43)48)44-24-13-25-47-50(44)45-32-37(30-31-46(45)51-47)34-16-5-2-6-17-34/h1-32H/i1D,2D,3D,4D,5D,6D,14D,15D,16D,17D. The van der Waals surface area contributed by atoms with E-state index in [1.54, 1.807) is 24.3 Å². The fraction of sp³-hybridized carbons (Fsp3) is 0. The fourth-order valence-corrected chi connectivity index (χ4v) is 7.46. The van der Waals surface area contributed by atoms with Crippen LogP contribution in [0.3, 0.4) is 0 Å². The minimum atomic E-state index is -0.439. The first kappa shape index (κ1) is 20.7. The second-order valence-corrected chi connectivity index (χ2v) is 12.5. The van der Waals surface area contributed by atoms with Crippen molar-refractivity contribution in [3.05, 3.63) is 194 Å². The highest BCUT2D eigenvalue weighted by Crippen LogP contribution is 2.48. The van der Waals surface area contributed by atoms with Crippen molar-refractivity contribution in [2.75, 3.05) is 0 Å². The highest BCUT2D eigenvalue weighted by molar-refractivity contribution is 6.26. The van der Waals surface area contributed by atoms with Crippen LogP contribution < -0.4 is 0 Å². The van der Waals surface area contributed by atoms with Crippen LogP contribution in [0.5, 0.6) is 0 Å². The van der Waals surface area contributed by atoms with Crippen LogP contribution in [-0.2, 0) is 0 Å². The van der Waals surface area contributed by atoms with Crippen LogP contribution in [0, 0.1) is 0 Å². The maximum Gasteiger partial charge on any atom is 0.136 e. The van der Waals surface area contributed by atoms with Gasteiger partial charge in [0.2, 0.25) is 0 Å². The van der Waals surface area contributed by atoms with E-state index in [-0.39, 0.29) is 59.5 Å². The van der Waals surface area contributed by atoms with Crippen molar-refractivity contribution in [3.63, 3.8) is 0 Å². The quantitative estimate of drug-likeness (QED) is 0.168. The number of furan rings is 1. The van der Waals surface area contributed by atoms with Gasteiger partial charge in [-0.1, -0.05) is 176 Å². The van der Waals surface area contributed by atoms with E-state index >= 15 is 0 Å². The van der Waals surface area contributed by atoms with Gasteiger partial charge in [-0.3, -0.25) is 0 Å². The molecule has 1 heterocycles. The zero-order chi connectivity index (χ0) is 42.4. The van der Waals surface area contributed by atoms with E-state index < -0.39 is 12.1 Å². The van der Waals surface area contributed by atoms with Gasteiger partial charge in [0.1, 0.15) is 11.2 Å². The third kappa shape index (κ3) is 4.86. The third-order valence-electron chi connectivity index (χ3n) is 9.67. The summed E-state index contributed by atoms with van der Waals surface area (Å²) in [6.07, 6.45) is 0. The van der Waals surface area contributed by atoms with Gasteiger partial charge in [-0.25, -0.2) is 0 Å². The van der Waals surface area contributed by atoms with Crippen molar-refractivity contribution in [1.29, 1.82) is 0 Å². The Morgan fingerprint density at radius 2 is 0.824 bits per heavy atom. The summed E-state index contributed by atoms with van der Waals surface area (Å²) in [7, 11) is 0. The summed E-state index contributed by atoms with van der Waals surface area (Å²) < 4.78 is 90.0. The summed E-state index contributed by atoms with van der Waals surface area (Å²) in [4.78, 5) is 0. The molecule has 0 aliphatic rings. The van der Waals surface area contributed by atoms with Gasteiger partial charge in [0.15, 0.2) is 0 Å². The first-order chi connectivity index (χ1) is 29.5. The molecule has 10 aromatic rings. The molecule has 0 radical (unpaired) electrons. The van der Waals surface area contributed by atoms with Crippen molar-refractivity contribution in [3.8, 4) is 55.6 Å². The van der Waals surface area contributed by atoms with Crippen molar-refractivity contribution in [2.45, 2.75) is 0 Å². The van der Waals surface area contributed by atoms with E-state index in [0.717, 1.165) is 65.7 Å². The predicted octanol–water partition coefficient (Wildman–Crippen LogP) is 14.2. The van der Waals surface area contributed by atoms with Crippen molar-refractivity contribution >= 4 is 43.5 Å². The molecule has 0 saturated carbocycles. The van der Waals surface area contributed by atoms with Gasteiger partial charge in [-0.2, -0.15) is 0 Å². The maximum atomic E-state index is 8.68. The molecule has 0 atom stereocenters. The molecule has 1 heteroatoms. The molecule has 0 saturated heterocycles. The lowest BCUT2D eigenvalue weighted by atomic mass is 9.83. The highest BCUT2D eigenvalue weighted by Gasteiger charge is 2.21. The minimum Gasteiger partial charge on any atom is -0.456 e. The molecule has 0 aliphatic carbocycles. The predicted molar refractivity (Wildman–Crippen MR) is 216 cm³/mol. The Balaban J connectivity index is 1.19. The van der Waals surface area contributed by atoms with Crippen LogP contribution in [0.25, 0.3) is 99.1 Å².